The van der Waals surface area contributed by atoms with Gasteiger partial charge in [-0.25, -0.2) is 0 Å². The van der Waals surface area contributed by atoms with Gasteiger partial charge in [-0.3, -0.25) is 10.1 Å². The van der Waals surface area contributed by atoms with Crippen molar-refractivity contribution in [2.75, 3.05) is 5.32 Å². The van der Waals surface area contributed by atoms with E-state index in [0.29, 0.717) is 23.1 Å². The van der Waals surface area contributed by atoms with Crippen LogP contribution in [0.5, 0.6) is 0 Å². The normalized spacial score (nSPS) is 25.1. The molecular formula is C15H19N3O2. The molecule has 5 nitrogen and oxygen atoms in total. The van der Waals surface area contributed by atoms with E-state index in [1.54, 1.807) is 6.07 Å². The van der Waals surface area contributed by atoms with E-state index in [1.807, 2.05) is 6.07 Å². The van der Waals surface area contributed by atoms with Crippen LogP contribution in [-0.4, -0.2) is 11.0 Å². The second-order valence-electron chi connectivity index (χ2n) is 5.46. The van der Waals surface area contributed by atoms with Crippen molar-refractivity contribution in [2.24, 2.45) is 11.8 Å². The third kappa shape index (κ3) is 2.74. The van der Waals surface area contributed by atoms with E-state index in [4.69, 9.17) is 5.26 Å². The number of benzene rings is 1. The molecule has 2 rings (SSSR count). The minimum absolute atomic E-state index is 0.0381. The lowest BCUT2D eigenvalue weighted by atomic mass is 9.93. The van der Waals surface area contributed by atoms with Gasteiger partial charge in [0, 0.05) is 12.1 Å². The number of nitriles is 1. The number of nitro benzene ring substituents is 1. The fourth-order valence-electron chi connectivity index (χ4n) is 3.11. The summed E-state index contributed by atoms with van der Waals surface area (Å²) in [5, 5.41) is 23.3. The van der Waals surface area contributed by atoms with E-state index in [2.05, 4.69) is 19.2 Å². The van der Waals surface area contributed by atoms with Gasteiger partial charge in [-0.15, -0.1) is 0 Å². The van der Waals surface area contributed by atoms with Gasteiger partial charge in [-0.05, 0) is 36.8 Å². The molecule has 0 saturated heterocycles. The Bertz CT molecular complexity index is 551. The lowest BCUT2D eigenvalue weighted by Crippen LogP contribution is -2.25. The average Bonchev–Trinajstić information content (AvgIpc) is 2.79. The Hall–Kier alpha value is -2.09. The van der Waals surface area contributed by atoms with E-state index >= 15 is 0 Å². The molecule has 5 heteroatoms. The second kappa shape index (κ2) is 5.91. The third-order valence-corrected chi connectivity index (χ3v) is 4.41. The molecule has 1 N–H and O–H groups in total. The Morgan fingerprint density at radius 2 is 2.25 bits per heavy atom. The van der Waals surface area contributed by atoms with Gasteiger partial charge in [-0.1, -0.05) is 20.3 Å². The first-order chi connectivity index (χ1) is 9.56. The zero-order valence-electron chi connectivity index (χ0n) is 11.8. The summed E-state index contributed by atoms with van der Waals surface area (Å²) in [5.41, 5.74) is 0.939. The van der Waals surface area contributed by atoms with Gasteiger partial charge in [0.15, 0.2) is 0 Å². The first kappa shape index (κ1) is 14.3. The highest BCUT2D eigenvalue weighted by atomic mass is 16.6. The van der Waals surface area contributed by atoms with Crippen molar-refractivity contribution in [1.29, 1.82) is 5.26 Å². The standard InChI is InChI=1S/C15H19N3O2/c1-3-12-5-6-13(10(12)2)17-14-8-11(9-16)4-7-15(14)18(19)20/h4,7-8,10,12-13,17H,3,5-6H2,1-2H3. The van der Waals surface area contributed by atoms with Gasteiger partial charge in [0.25, 0.3) is 5.69 Å². The fraction of sp³-hybridized carbons (Fsp3) is 0.533. The van der Waals surface area contributed by atoms with Crippen LogP contribution in [0.3, 0.4) is 0 Å². The van der Waals surface area contributed by atoms with E-state index < -0.39 is 4.92 Å². The smallest absolute Gasteiger partial charge is 0.292 e. The van der Waals surface area contributed by atoms with Crippen molar-refractivity contribution in [3.05, 3.63) is 33.9 Å². The van der Waals surface area contributed by atoms with Gasteiger partial charge in [0.05, 0.1) is 16.6 Å². The molecule has 20 heavy (non-hydrogen) atoms. The van der Waals surface area contributed by atoms with Gasteiger partial charge in [0.1, 0.15) is 5.69 Å². The highest BCUT2D eigenvalue weighted by molar-refractivity contribution is 5.64. The van der Waals surface area contributed by atoms with Gasteiger partial charge < -0.3 is 5.32 Å². The molecule has 1 aliphatic rings. The molecule has 0 bridgehead atoms. The molecule has 1 aromatic carbocycles. The summed E-state index contributed by atoms with van der Waals surface area (Å²) in [6, 6.07) is 6.73. The predicted octanol–water partition coefficient (Wildman–Crippen LogP) is 3.70. The van der Waals surface area contributed by atoms with E-state index in [1.165, 1.54) is 12.1 Å². The van der Waals surface area contributed by atoms with Crippen LogP contribution in [0, 0.1) is 33.3 Å². The van der Waals surface area contributed by atoms with Crippen LogP contribution < -0.4 is 5.32 Å². The fourth-order valence-corrected chi connectivity index (χ4v) is 3.11. The molecule has 1 aromatic rings. The molecule has 1 fully saturated rings. The summed E-state index contributed by atoms with van der Waals surface area (Å²) in [4.78, 5) is 10.7. The number of nitro groups is 1. The Kier molecular flexibility index (Phi) is 4.23. The molecule has 0 radical (unpaired) electrons. The van der Waals surface area contributed by atoms with Crippen LogP contribution in [-0.2, 0) is 0 Å². The molecule has 106 valence electrons. The molecule has 3 atom stereocenters. The Morgan fingerprint density at radius 1 is 1.50 bits per heavy atom. The lowest BCUT2D eigenvalue weighted by molar-refractivity contribution is -0.384. The van der Waals surface area contributed by atoms with Crippen molar-refractivity contribution < 1.29 is 4.92 Å². The Labute approximate surface area is 118 Å². The van der Waals surface area contributed by atoms with Crippen LogP contribution in [0.4, 0.5) is 11.4 Å². The number of hydrogen-bond donors (Lipinski definition) is 1. The van der Waals surface area contributed by atoms with E-state index in [-0.39, 0.29) is 11.7 Å². The molecule has 0 aromatic heterocycles. The number of anilines is 1. The van der Waals surface area contributed by atoms with Gasteiger partial charge >= 0.3 is 0 Å². The highest BCUT2D eigenvalue weighted by Gasteiger charge is 2.32. The monoisotopic (exact) mass is 273 g/mol. The molecule has 0 amide bonds. The molecule has 1 aliphatic carbocycles. The zero-order chi connectivity index (χ0) is 14.7. The van der Waals surface area contributed by atoms with Gasteiger partial charge in [-0.2, -0.15) is 5.26 Å². The Morgan fingerprint density at radius 3 is 2.80 bits per heavy atom. The molecule has 0 aliphatic heterocycles. The van der Waals surface area contributed by atoms with Crippen LogP contribution in [0.25, 0.3) is 0 Å². The van der Waals surface area contributed by atoms with Crippen molar-refractivity contribution in [1.82, 2.24) is 0 Å². The minimum atomic E-state index is -0.402. The summed E-state index contributed by atoms with van der Waals surface area (Å²) in [7, 11) is 0. The van der Waals surface area contributed by atoms with Crippen LogP contribution in [0.15, 0.2) is 18.2 Å². The quantitative estimate of drug-likeness (QED) is 0.670. The van der Waals surface area contributed by atoms with Gasteiger partial charge in [0.2, 0.25) is 0 Å². The number of nitrogens with one attached hydrogen (secondary N) is 1. The minimum Gasteiger partial charge on any atom is -0.376 e. The van der Waals surface area contributed by atoms with Crippen molar-refractivity contribution in [3.8, 4) is 6.07 Å². The maximum atomic E-state index is 11.1. The summed E-state index contributed by atoms with van der Waals surface area (Å²) in [6.07, 6.45) is 3.31. The molecule has 1 saturated carbocycles. The summed E-state index contributed by atoms with van der Waals surface area (Å²) in [5.74, 6) is 1.16. The number of nitrogens with zero attached hydrogens (tertiary/aromatic N) is 2. The number of hydrogen-bond acceptors (Lipinski definition) is 4. The largest absolute Gasteiger partial charge is 0.376 e. The van der Waals surface area contributed by atoms with Crippen LogP contribution in [0.1, 0.15) is 38.7 Å². The lowest BCUT2D eigenvalue weighted by Gasteiger charge is -2.22. The van der Waals surface area contributed by atoms with Crippen molar-refractivity contribution in [2.45, 2.75) is 39.2 Å². The first-order valence-corrected chi connectivity index (χ1v) is 7.01. The maximum absolute atomic E-state index is 11.1. The zero-order valence-corrected chi connectivity index (χ0v) is 11.8. The molecule has 0 spiro atoms. The first-order valence-electron chi connectivity index (χ1n) is 7.01. The summed E-state index contributed by atoms with van der Waals surface area (Å²) >= 11 is 0. The summed E-state index contributed by atoms with van der Waals surface area (Å²) < 4.78 is 0. The number of rotatable bonds is 4. The average molecular weight is 273 g/mol. The predicted molar refractivity (Wildman–Crippen MR) is 77.4 cm³/mol. The third-order valence-electron chi connectivity index (χ3n) is 4.41. The topological polar surface area (TPSA) is 79.0 Å². The van der Waals surface area contributed by atoms with Crippen molar-refractivity contribution >= 4 is 11.4 Å². The van der Waals surface area contributed by atoms with Crippen LogP contribution in [0.2, 0.25) is 0 Å². The van der Waals surface area contributed by atoms with Crippen LogP contribution >= 0.6 is 0 Å². The van der Waals surface area contributed by atoms with E-state index in [9.17, 15) is 10.1 Å². The molecule has 3 unspecified atom stereocenters. The molecular weight excluding hydrogens is 254 g/mol. The van der Waals surface area contributed by atoms with E-state index in [0.717, 1.165) is 19.3 Å². The molecule has 0 heterocycles. The SMILES string of the molecule is CCC1CCC(Nc2cc(C#N)ccc2[N+](=O)[O-])C1C. The maximum Gasteiger partial charge on any atom is 0.292 e. The van der Waals surface area contributed by atoms with Crippen molar-refractivity contribution in [3.63, 3.8) is 0 Å². The Balaban J connectivity index is 2.24. The highest BCUT2D eigenvalue weighted by Crippen LogP contribution is 2.37. The second-order valence-corrected chi connectivity index (χ2v) is 5.46. The summed E-state index contributed by atoms with van der Waals surface area (Å²) in [6.45, 7) is 4.38.